The summed E-state index contributed by atoms with van der Waals surface area (Å²) in [6.45, 7) is 9.90. The van der Waals surface area contributed by atoms with Gasteiger partial charge in [0.15, 0.2) is 0 Å². The van der Waals surface area contributed by atoms with E-state index in [0.717, 1.165) is 18.6 Å². The summed E-state index contributed by atoms with van der Waals surface area (Å²) in [5.41, 5.74) is 0.922. The molecule has 0 fully saturated rings. The lowest BCUT2D eigenvalue weighted by atomic mass is 10.1. The Morgan fingerprint density at radius 3 is 2.67 bits per heavy atom. The van der Waals surface area contributed by atoms with E-state index in [2.05, 4.69) is 37.3 Å². The Bertz CT molecular complexity index is 213. The SMILES string of the molecule is C=CN=C(C#CCC(C)C)CC. The van der Waals surface area contributed by atoms with Crippen molar-refractivity contribution in [2.45, 2.75) is 33.6 Å². The van der Waals surface area contributed by atoms with Crippen LogP contribution in [0.3, 0.4) is 0 Å². The van der Waals surface area contributed by atoms with Crippen molar-refractivity contribution in [1.29, 1.82) is 0 Å². The van der Waals surface area contributed by atoms with Crippen molar-refractivity contribution in [1.82, 2.24) is 0 Å². The molecule has 0 radical (unpaired) electrons. The van der Waals surface area contributed by atoms with Crippen molar-refractivity contribution in [3.8, 4) is 11.8 Å². The molecule has 66 valence electrons. The molecular weight excluding hydrogens is 146 g/mol. The zero-order valence-corrected chi connectivity index (χ0v) is 8.22. The normalized spacial score (nSPS) is 10.8. The predicted molar refractivity (Wildman–Crippen MR) is 55.2 cm³/mol. The molecular formula is C11H17N. The van der Waals surface area contributed by atoms with Gasteiger partial charge in [-0.1, -0.05) is 39.2 Å². The standard InChI is InChI=1S/C11H17N/c1-5-11(12-6-2)9-7-8-10(3)4/h6,10H,2,5,8H2,1,3-4H3. The molecule has 1 nitrogen and oxygen atoms in total. The van der Waals surface area contributed by atoms with E-state index in [1.165, 1.54) is 0 Å². The van der Waals surface area contributed by atoms with Gasteiger partial charge in [-0.05, 0) is 12.3 Å². The van der Waals surface area contributed by atoms with Crippen molar-refractivity contribution in [3.63, 3.8) is 0 Å². The quantitative estimate of drug-likeness (QED) is 0.448. The second kappa shape index (κ2) is 6.67. The third-order valence-corrected chi connectivity index (χ3v) is 1.33. The zero-order valence-electron chi connectivity index (χ0n) is 8.22. The fourth-order valence-corrected chi connectivity index (χ4v) is 0.679. The molecule has 0 heterocycles. The van der Waals surface area contributed by atoms with Gasteiger partial charge in [0, 0.05) is 12.6 Å². The fraction of sp³-hybridized carbons (Fsp3) is 0.545. The number of hydrogen-bond acceptors (Lipinski definition) is 1. The van der Waals surface area contributed by atoms with Crippen molar-refractivity contribution in [2.75, 3.05) is 0 Å². The first-order chi connectivity index (χ1) is 5.70. The highest BCUT2D eigenvalue weighted by molar-refractivity contribution is 6.00. The molecule has 0 atom stereocenters. The minimum Gasteiger partial charge on any atom is -0.253 e. The Morgan fingerprint density at radius 2 is 2.25 bits per heavy atom. The summed E-state index contributed by atoms with van der Waals surface area (Å²) in [5, 5.41) is 0. The molecule has 1 heteroatoms. The summed E-state index contributed by atoms with van der Waals surface area (Å²) in [6.07, 6.45) is 3.37. The van der Waals surface area contributed by atoms with Crippen LogP contribution in [-0.2, 0) is 0 Å². The third-order valence-electron chi connectivity index (χ3n) is 1.33. The fourth-order valence-electron chi connectivity index (χ4n) is 0.679. The maximum Gasteiger partial charge on any atom is 0.0895 e. The second-order valence-corrected chi connectivity index (χ2v) is 3.01. The van der Waals surface area contributed by atoms with Gasteiger partial charge >= 0.3 is 0 Å². The van der Waals surface area contributed by atoms with Crippen LogP contribution in [0.4, 0.5) is 0 Å². The minimum absolute atomic E-state index is 0.638. The van der Waals surface area contributed by atoms with Crippen LogP contribution in [0, 0.1) is 17.8 Å². The van der Waals surface area contributed by atoms with E-state index in [4.69, 9.17) is 0 Å². The third kappa shape index (κ3) is 5.73. The summed E-state index contributed by atoms with van der Waals surface area (Å²) in [7, 11) is 0. The summed E-state index contributed by atoms with van der Waals surface area (Å²) in [6, 6.07) is 0. The highest BCUT2D eigenvalue weighted by Crippen LogP contribution is 1.96. The average molecular weight is 163 g/mol. The molecule has 0 spiro atoms. The van der Waals surface area contributed by atoms with Crippen LogP contribution in [0.1, 0.15) is 33.6 Å². The molecule has 0 aromatic rings. The van der Waals surface area contributed by atoms with Gasteiger partial charge in [-0.25, -0.2) is 0 Å². The molecule has 0 amide bonds. The molecule has 0 aliphatic rings. The van der Waals surface area contributed by atoms with Gasteiger partial charge in [0.25, 0.3) is 0 Å². The number of rotatable bonds is 3. The second-order valence-electron chi connectivity index (χ2n) is 3.01. The van der Waals surface area contributed by atoms with E-state index < -0.39 is 0 Å². The summed E-state index contributed by atoms with van der Waals surface area (Å²) in [4.78, 5) is 4.05. The van der Waals surface area contributed by atoms with E-state index in [-0.39, 0.29) is 0 Å². The van der Waals surface area contributed by atoms with Crippen LogP contribution >= 0.6 is 0 Å². The summed E-state index contributed by atoms with van der Waals surface area (Å²) >= 11 is 0. The Kier molecular flexibility index (Phi) is 6.09. The topological polar surface area (TPSA) is 12.4 Å². The number of hydrogen-bond donors (Lipinski definition) is 0. The molecule has 0 saturated carbocycles. The van der Waals surface area contributed by atoms with E-state index in [9.17, 15) is 0 Å². The summed E-state index contributed by atoms with van der Waals surface area (Å²) in [5.74, 6) is 6.76. The van der Waals surface area contributed by atoms with E-state index in [0.29, 0.717) is 5.92 Å². The van der Waals surface area contributed by atoms with Gasteiger partial charge in [-0.2, -0.15) is 0 Å². The molecule has 0 aromatic carbocycles. The molecule has 0 rings (SSSR count). The molecule has 0 unspecified atom stereocenters. The van der Waals surface area contributed by atoms with Crippen LogP contribution < -0.4 is 0 Å². The Balaban J connectivity index is 4.06. The first-order valence-corrected chi connectivity index (χ1v) is 4.37. The molecule has 0 aliphatic carbocycles. The Hall–Kier alpha value is -1.03. The molecule has 12 heavy (non-hydrogen) atoms. The van der Waals surface area contributed by atoms with Crippen molar-refractivity contribution < 1.29 is 0 Å². The number of aliphatic imine (C=N–C) groups is 1. The Morgan fingerprint density at radius 1 is 1.58 bits per heavy atom. The lowest BCUT2D eigenvalue weighted by molar-refractivity contribution is 0.676. The van der Waals surface area contributed by atoms with Gasteiger partial charge in [0.05, 0.1) is 5.71 Å². The van der Waals surface area contributed by atoms with Crippen molar-refractivity contribution in [2.24, 2.45) is 10.9 Å². The molecule has 0 saturated heterocycles. The molecule has 0 aromatic heterocycles. The lowest BCUT2D eigenvalue weighted by Crippen LogP contribution is -1.90. The lowest BCUT2D eigenvalue weighted by Gasteiger charge is -1.93. The van der Waals surface area contributed by atoms with Crippen LogP contribution in [0.25, 0.3) is 0 Å². The first-order valence-electron chi connectivity index (χ1n) is 4.37. The maximum absolute atomic E-state index is 4.05. The van der Waals surface area contributed by atoms with Crippen LogP contribution in [0.5, 0.6) is 0 Å². The van der Waals surface area contributed by atoms with Gasteiger partial charge < -0.3 is 0 Å². The van der Waals surface area contributed by atoms with Crippen LogP contribution in [0.15, 0.2) is 17.8 Å². The van der Waals surface area contributed by atoms with Crippen LogP contribution in [0.2, 0.25) is 0 Å². The molecule has 0 N–H and O–H groups in total. The molecule has 0 bridgehead atoms. The monoisotopic (exact) mass is 163 g/mol. The average Bonchev–Trinajstić information content (AvgIpc) is 2.02. The first kappa shape index (κ1) is 11.0. The van der Waals surface area contributed by atoms with Crippen molar-refractivity contribution in [3.05, 3.63) is 12.8 Å². The van der Waals surface area contributed by atoms with Gasteiger partial charge in [0.1, 0.15) is 0 Å². The molecule has 0 aliphatic heterocycles. The largest absolute Gasteiger partial charge is 0.253 e. The van der Waals surface area contributed by atoms with Crippen LogP contribution in [-0.4, -0.2) is 5.71 Å². The zero-order chi connectivity index (χ0) is 9.40. The minimum atomic E-state index is 0.638. The van der Waals surface area contributed by atoms with Gasteiger partial charge in [-0.15, -0.1) is 0 Å². The van der Waals surface area contributed by atoms with E-state index in [1.54, 1.807) is 6.20 Å². The van der Waals surface area contributed by atoms with E-state index in [1.807, 2.05) is 6.92 Å². The van der Waals surface area contributed by atoms with Gasteiger partial charge in [0.2, 0.25) is 0 Å². The highest BCUT2D eigenvalue weighted by atomic mass is 14.7. The smallest absolute Gasteiger partial charge is 0.0895 e. The number of nitrogens with zero attached hydrogens (tertiary/aromatic N) is 1. The Labute approximate surface area is 75.6 Å². The highest BCUT2D eigenvalue weighted by Gasteiger charge is 1.88. The van der Waals surface area contributed by atoms with E-state index >= 15 is 0 Å². The summed E-state index contributed by atoms with van der Waals surface area (Å²) < 4.78 is 0. The van der Waals surface area contributed by atoms with Gasteiger partial charge in [-0.3, -0.25) is 4.99 Å². The predicted octanol–water partition coefficient (Wildman–Crippen LogP) is 3.03. The maximum atomic E-state index is 4.05. The van der Waals surface area contributed by atoms with Crippen molar-refractivity contribution >= 4 is 5.71 Å².